The number of nitrogens with zero attached hydrogens (tertiary/aromatic N) is 1. The Morgan fingerprint density at radius 1 is 1.04 bits per heavy atom. The number of halogens is 5. The number of guanidine groups is 1. The van der Waals surface area contributed by atoms with Crippen LogP contribution in [0.4, 0.5) is 17.6 Å². The van der Waals surface area contributed by atoms with Gasteiger partial charge in [-0.3, -0.25) is 4.99 Å². The lowest BCUT2D eigenvalue weighted by molar-refractivity contribution is -0.0505. The molecular formula is C18H20F4IN3O2. The van der Waals surface area contributed by atoms with Crippen LogP contribution in [0.15, 0.2) is 41.4 Å². The second-order valence-corrected chi connectivity index (χ2v) is 5.37. The predicted molar refractivity (Wildman–Crippen MR) is 108 cm³/mol. The van der Waals surface area contributed by atoms with Crippen molar-refractivity contribution in [3.05, 3.63) is 59.2 Å². The van der Waals surface area contributed by atoms with Crippen LogP contribution in [0.25, 0.3) is 0 Å². The second kappa shape index (κ2) is 11.6. The SMILES string of the molecule is CN=C(NCc1cc(F)ccc1F)NCc1cc(OC)ccc1OC(F)F.I. The summed E-state index contributed by atoms with van der Waals surface area (Å²) >= 11 is 0. The van der Waals surface area contributed by atoms with E-state index in [0.717, 1.165) is 18.2 Å². The van der Waals surface area contributed by atoms with Crippen molar-refractivity contribution >= 4 is 29.9 Å². The molecule has 0 aliphatic heterocycles. The van der Waals surface area contributed by atoms with Crippen molar-refractivity contribution in [1.82, 2.24) is 10.6 Å². The molecule has 5 nitrogen and oxygen atoms in total. The fourth-order valence-electron chi connectivity index (χ4n) is 2.29. The summed E-state index contributed by atoms with van der Waals surface area (Å²) in [6, 6.07) is 7.56. The van der Waals surface area contributed by atoms with Gasteiger partial charge in [-0.05, 0) is 36.4 Å². The quantitative estimate of drug-likeness (QED) is 0.254. The van der Waals surface area contributed by atoms with E-state index in [9.17, 15) is 17.6 Å². The molecule has 0 saturated heterocycles. The summed E-state index contributed by atoms with van der Waals surface area (Å²) in [5.74, 6) is -0.381. The van der Waals surface area contributed by atoms with Gasteiger partial charge in [-0.15, -0.1) is 24.0 Å². The molecule has 0 bridgehead atoms. The summed E-state index contributed by atoms with van der Waals surface area (Å²) in [5.41, 5.74) is 0.538. The summed E-state index contributed by atoms with van der Waals surface area (Å²) < 4.78 is 61.6. The van der Waals surface area contributed by atoms with E-state index in [-0.39, 0.29) is 54.3 Å². The fraction of sp³-hybridized carbons (Fsp3) is 0.278. The first kappa shape index (κ1) is 23.8. The van der Waals surface area contributed by atoms with Gasteiger partial charge in [0.15, 0.2) is 5.96 Å². The summed E-state index contributed by atoms with van der Waals surface area (Å²) in [7, 11) is 2.94. The van der Waals surface area contributed by atoms with E-state index in [1.54, 1.807) is 6.07 Å². The molecule has 0 aliphatic rings. The standard InChI is InChI=1S/C18H19F4N3O2.HI/c1-23-18(24-9-11-7-13(19)3-5-15(11)20)25-10-12-8-14(26-2)4-6-16(12)27-17(21)22;/h3-8,17H,9-10H2,1-2H3,(H2,23,24,25);1H. The third-order valence-electron chi connectivity index (χ3n) is 3.61. The van der Waals surface area contributed by atoms with Gasteiger partial charge >= 0.3 is 6.61 Å². The molecule has 154 valence electrons. The number of nitrogens with one attached hydrogen (secondary N) is 2. The molecule has 0 unspecified atom stereocenters. The molecule has 2 aromatic carbocycles. The molecule has 0 fully saturated rings. The van der Waals surface area contributed by atoms with Crippen LogP contribution < -0.4 is 20.1 Å². The third kappa shape index (κ3) is 7.06. The lowest BCUT2D eigenvalue weighted by Crippen LogP contribution is -2.36. The summed E-state index contributed by atoms with van der Waals surface area (Å²) in [5, 5.41) is 5.72. The molecule has 0 saturated carbocycles. The molecule has 28 heavy (non-hydrogen) atoms. The minimum absolute atomic E-state index is 0. The number of ether oxygens (including phenoxy) is 2. The largest absolute Gasteiger partial charge is 0.497 e. The maximum absolute atomic E-state index is 13.7. The van der Waals surface area contributed by atoms with E-state index in [1.165, 1.54) is 26.3 Å². The predicted octanol–water partition coefficient (Wildman–Crippen LogP) is 4.06. The number of benzene rings is 2. The van der Waals surface area contributed by atoms with Gasteiger partial charge < -0.3 is 20.1 Å². The van der Waals surface area contributed by atoms with Gasteiger partial charge in [-0.2, -0.15) is 8.78 Å². The molecule has 2 aromatic rings. The molecule has 0 radical (unpaired) electrons. The van der Waals surface area contributed by atoms with Crippen LogP contribution in [0.2, 0.25) is 0 Å². The van der Waals surface area contributed by atoms with Crippen LogP contribution in [0.5, 0.6) is 11.5 Å². The Morgan fingerprint density at radius 3 is 2.32 bits per heavy atom. The molecule has 0 amide bonds. The van der Waals surface area contributed by atoms with E-state index in [4.69, 9.17) is 4.74 Å². The first-order valence-corrected chi connectivity index (χ1v) is 7.93. The topological polar surface area (TPSA) is 54.9 Å². The maximum Gasteiger partial charge on any atom is 0.387 e. The molecule has 0 spiro atoms. The maximum atomic E-state index is 13.7. The van der Waals surface area contributed by atoms with Gasteiger partial charge in [0, 0.05) is 31.3 Å². The van der Waals surface area contributed by atoms with Crippen molar-refractivity contribution in [2.75, 3.05) is 14.2 Å². The zero-order valence-electron chi connectivity index (χ0n) is 15.1. The number of alkyl halides is 2. The lowest BCUT2D eigenvalue weighted by atomic mass is 10.2. The molecule has 0 atom stereocenters. The summed E-state index contributed by atoms with van der Waals surface area (Å²) in [6.07, 6.45) is 0. The zero-order valence-corrected chi connectivity index (χ0v) is 17.5. The molecule has 0 heterocycles. The van der Waals surface area contributed by atoms with Crippen molar-refractivity contribution in [3.63, 3.8) is 0 Å². The molecule has 10 heteroatoms. The van der Waals surface area contributed by atoms with Crippen LogP contribution >= 0.6 is 24.0 Å². The summed E-state index contributed by atoms with van der Waals surface area (Å²) in [6.45, 7) is -2.89. The van der Waals surface area contributed by atoms with Crippen LogP contribution in [-0.4, -0.2) is 26.7 Å². The van der Waals surface area contributed by atoms with Crippen LogP contribution in [0.3, 0.4) is 0 Å². The molecule has 2 rings (SSSR count). The Hall–Kier alpha value is -2.24. The highest BCUT2D eigenvalue weighted by Gasteiger charge is 2.12. The Kier molecular flexibility index (Phi) is 9.83. The monoisotopic (exact) mass is 513 g/mol. The highest BCUT2D eigenvalue weighted by Crippen LogP contribution is 2.25. The van der Waals surface area contributed by atoms with Gasteiger partial charge in [0.1, 0.15) is 23.1 Å². The van der Waals surface area contributed by atoms with Gasteiger partial charge in [-0.25, -0.2) is 8.78 Å². The van der Waals surface area contributed by atoms with Gasteiger partial charge in [-0.1, -0.05) is 0 Å². The molecular weight excluding hydrogens is 493 g/mol. The number of methoxy groups -OCH3 is 1. The van der Waals surface area contributed by atoms with Crippen molar-refractivity contribution in [1.29, 1.82) is 0 Å². The average Bonchev–Trinajstić information content (AvgIpc) is 2.65. The van der Waals surface area contributed by atoms with E-state index >= 15 is 0 Å². The first-order valence-electron chi connectivity index (χ1n) is 7.93. The number of rotatable bonds is 7. The van der Waals surface area contributed by atoms with Crippen LogP contribution in [-0.2, 0) is 13.1 Å². The summed E-state index contributed by atoms with van der Waals surface area (Å²) in [4.78, 5) is 3.96. The van der Waals surface area contributed by atoms with Crippen molar-refractivity contribution in [2.45, 2.75) is 19.7 Å². The van der Waals surface area contributed by atoms with E-state index in [1.807, 2.05) is 0 Å². The van der Waals surface area contributed by atoms with Gasteiger partial charge in [0.05, 0.1) is 7.11 Å². The highest BCUT2D eigenvalue weighted by atomic mass is 127. The number of aliphatic imine (C=N–C) groups is 1. The Bertz CT molecular complexity index is 806. The lowest BCUT2D eigenvalue weighted by Gasteiger charge is -2.15. The Morgan fingerprint density at radius 2 is 1.71 bits per heavy atom. The first-order chi connectivity index (χ1) is 12.9. The molecule has 0 aromatic heterocycles. The minimum atomic E-state index is -2.97. The Balaban J connectivity index is 0.00000392. The highest BCUT2D eigenvalue weighted by molar-refractivity contribution is 14.0. The van der Waals surface area contributed by atoms with Crippen molar-refractivity contribution in [3.8, 4) is 11.5 Å². The van der Waals surface area contributed by atoms with Crippen molar-refractivity contribution in [2.24, 2.45) is 4.99 Å². The number of hydrogen-bond acceptors (Lipinski definition) is 3. The van der Waals surface area contributed by atoms with E-state index < -0.39 is 18.2 Å². The third-order valence-corrected chi connectivity index (χ3v) is 3.61. The second-order valence-electron chi connectivity index (χ2n) is 5.37. The van der Waals surface area contributed by atoms with E-state index in [2.05, 4.69) is 20.4 Å². The molecule has 0 aliphatic carbocycles. The van der Waals surface area contributed by atoms with Gasteiger partial charge in [0.2, 0.25) is 0 Å². The average molecular weight is 513 g/mol. The minimum Gasteiger partial charge on any atom is -0.497 e. The van der Waals surface area contributed by atoms with Gasteiger partial charge in [0.25, 0.3) is 0 Å². The van der Waals surface area contributed by atoms with Crippen LogP contribution in [0.1, 0.15) is 11.1 Å². The normalized spacial score (nSPS) is 11.0. The van der Waals surface area contributed by atoms with Crippen molar-refractivity contribution < 1.29 is 27.0 Å². The zero-order chi connectivity index (χ0) is 19.8. The smallest absolute Gasteiger partial charge is 0.387 e. The van der Waals surface area contributed by atoms with E-state index in [0.29, 0.717) is 11.3 Å². The molecule has 2 N–H and O–H groups in total. The Labute approximate surface area is 177 Å². The fourth-order valence-corrected chi connectivity index (χ4v) is 2.29. The number of hydrogen-bond donors (Lipinski definition) is 2. The van der Waals surface area contributed by atoms with Crippen LogP contribution in [0, 0.1) is 11.6 Å².